The third-order valence-corrected chi connectivity index (χ3v) is 4.53. The molecule has 6 nitrogen and oxygen atoms in total. The molecule has 2 aliphatic rings. The second kappa shape index (κ2) is 5.94. The molecule has 0 saturated carbocycles. The molecule has 2 amide bonds. The van der Waals surface area contributed by atoms with Gasteiger partial charge in [0.25, 0.3) is 0 Å². The number of rotatable bonds is 2. The lowest BCUT2D eigenvalue weighted by molar-refractivity contribution is -0.227. The fraction of sp³-hybridized carbons (Fsp3) is 0.846. The zero-order valence-corrected chi connectivity index (χ0v) is 12.2. The maximum Gasteiger partial charge on any atom is 0.406 e. The zero-order chi connectivity index (χ0) is 16.5. The Hall–Kier alpha value is -1.51. The van der Waals surface area contributed by atoms with Crippen molar-refractivity contribution in [3.63, 3.8) is 0 Å². The molecular formula is C13H19F3N2O4. The van der Waals surface area contributed by atoms with Crippen molar-refractivity contribution in [3.8, 4) is 0 Å². The number of hydrogen-bond donors (Lipinski definition) is 1. The topological polar surface area (TPSA) is 70.1 Å². The lowest BCUT2D eigenvalue weighted by Gasteiger charge is -2.34. The second-order valence-corrected chi connectivity index (χ2v) is 5.79. The van der Waals surface area contributed by atoms with E-state index in [1.54, 1.807) is 0 Å². The number of alkyl halides is 3. The number of carboxylic acid groups (broad SMARTS) is 1. The van der Waals surface area contributed by atoms with E-state index in [1.807, 2.05) is 0 Å². The molecule has 0 aromatic heterocycles. The van der Waals surface area contributed by atoms with Crippen LogP contribution < -0.4 is 0 Å². The van der Waals surface area contributed by atoms with Gasteiger partial charge in [-0.15, -0.1) is 0 Å². The quantitative estimate of drug-likeness (QED) is 0.837. The van der Waals surface area contributed by atoms with Gasteiger partial charge < -0.3 is 19.6 Å². The second-order valence-electron chi connectivity index (χ2n) is 5.79. The largest absolute Gasteiger partial charge is 0.481 e. The standard InChI is InChI=1S/C13H19F3N2O4/c1-17(9-2-6-22-7-3-9)11(21)18-5-4-12(8-18,10(19)20)13(14,15)16/h9H,2-8H2,1H3,(H,19,20). The van der Waals surface area contributed by atoms with Crippen LogP contribution in [-0.4, -0.2) is 72.5 Å². The van der Waals surface area contributed by atoms with Crippen molar-refractivity contribution in [2.45, 2.75) is 31.5 Å². The number of ether oxygens (including phenoxy) is 1. The Kier molecular flexibility index (Phi) is 4.55. The summed E-state index contributed by atoms with van der Waals surface area (Å²) in [5.74, 6) is -1.93. The van der Waals surface area contributed by atoms with Gasteiger partial charge in [-0.2, -0.15) is 13.2 Å². The minimum Gasteiger partial charge on any atom is -0.481 e. The van der Waals surface area contributed by atoms with Gasteiger partial charge in [0.2, 0.25) is 0 Å². The summed E-state index contributed by atoms with van der Waals surface area (Å²) < 4.78 is 44.5. The summed E-state index contributed by atoms with van der Waals surface area (Å²) in [5, 5.41) is 9.00. The molecule has 1 unspecified atom stereocenters. The molecule has 1 atom stereocenters. The number of carbonyl (C=O) groups excluding carboxylic acids is 1. The monoisotopic (exact) mass is 324 g/mol. The van der Waals surface area contributed by atoms with Gasteiger partial charge in [0.1, 0.15) is 0 Å². The summed E-state index contributed by atoms with van der Waals surface area (Å²) in [6.07, 6.45) is -4.25. The molecule has 2 heterocycles. The molecule has 2 aliphatic heterocycles. The summed E-state index contributed by atoms with van der Waals surface area (Å²) >= 11 is 0. The number of carboxylic acids is 1. The molecular weight excluding hydrogens is 305 g/mol. The summed E-state index contributed by atoms with van der Waals surface area (Å²) in [6.45, 7) is -0.0375. The van der Waals surface area contributed by atoms with Gasteiger partial charge in [-0.1, -0.05) is 0 Å². The van der Waals surface area contributed by atoms with Crippen molar-refractivity contribution in [1.82, 2.24) is 9.80 Å². The van der Waals surface area contributed by atoms with Crippen LogP contribution in [0.4, 0.5) is 18.0 Å². The van der Waals surface area contributed by atoms with Crippen LogP contribution in [0.3, 0.4) is 0 Å². The molecule has 126 valence electrons. The van der Waals surface area contributed by atoms with Crippen LogP contribution in [0.2, 0.25) is 0 Å². The number of halogens is 3. The van der Waals surface area contributed by atoms with Gasteiger partial charge in [-0.3, -0.25) is 4.79 Å². The molecule has 22 heavy (non-hydrogen) atoms. The molecule has 0 radical (unpaired) electrons. The van der Waals surface area contributed by atoms with E-state index < -0.39 is 36.6 Å². The van der Waals surface area contributed by atoms with Crippen molar-refractivity contribution in [3.05, 3.63) is 0 Å². The Morgan fingerprint density at radius 2 is 1.91 bits per heavy atom. The Labute approximate surface area is 125 Å². The van der Waals surface area contributed by atoms with E-state index >= 15 is 0 Å². The van der Waals surface area contributed by atoms with E-state index in [0.717, 1.165) is 4.90 Å². The van der Waals surface area contributed by atoms with Crippen LogP contribution in [0.25, 0.3) is 0 Å². The van der Waals surface area contributed by atoms with Crippen molar-refractivity contribution >= 4 is 12.0 Å². The van der Waals surface area contributed by atoms with Crippen LogP contribution in [0, 0.1) is 5.41 Å². The van der Waals surface area contributed by atoms with Crippen LogP contribution >= 0.6 is 0 Å². The van der Waals surface area contributed by atoms with Crippen LogP contribution in [0.1, 0.15) is 19.3 Å². The van der Waals surface area contributed by atoms with E-state index in [2.05, 4.69) is 0 Å². The van der Waals surface area contributed by atoms with Crippen LogP contribution in [0.5, 0.6) is 0 Å². The van der Waals surface area contributed by atoms with E-state index in [9.17, 15) is 22.8 Å². The van der Waals surface area contributed by atoms with Crippen molar-refractivity contribution in [1.29, 1.82) is 0 Å². The van der Waals surface area contributed by atoms with Gasteiger partial charge in [-0.05, 0) is 19.3 Å². The van der Waals surface area contributed by atoms with Crippen molar-refractivity contribution in [2.75, 3.05) is 33.4 Å². The Bertz CT molecular complexity index is 451. The van der Waals surface area contributed by atoms with Gasteiger partial charge in [0.05, 0.1) is 0 Å². The van der Waals surface area contributed by atoms with Crippen LogP contribution in [0.15, 0.2) is 0 Å². The first-order valence-corrected chi connectivity index (χ1v) is 7.08. The maximum atomic E-state index is 13.1. The van der Waals surface area contributed by atoms with Gasteiger partial charge in [0.15, 0.2) is 5.41 Å². The average Bonchev–Trinajstić information content (AvgIpc) is 2.93. The third-order valence-electron chi connectivity index (χ3n) is 4.53. The smallest absolute Gasteiger partial charge is 0.406 e. The van der Waals surface area contributed by atoms with Crippen LogP contribution in [-0.2, 0) is 9.53 Å². The summed E-state index contributed by atoms with van der Waals surface area (Å²) in [7, 11) is 1.53. The first-order chi connectivity index (χ1) is 10.2. The summed E-state index contributed by atoms with van der Waals surface area (Å²) in [5.41, 5.74) is -2.86. The van der Waals surface area contributed by atoms with Gasteiger partial charge in [0, 0.05) is 39.4 Å². The van der Waals surface area contributed by atoms with Crippen molar-refractivity contribution in [2.24, 2.45) is 5.41 Å². The molecule has 0 aromatic carbocycles. The number of urea groups is 1. The molecule has 2 saturated heterocycles. The molecule has 0 aromatic rings. The normalized spacial score (nSPS) is 27.0. The molecule has 2 rings (SSSR count). The van der Waals surface area contributed by atoms with E-state index in [0.29, 0.717) is 26.1 Å². The molecule has 2 fully saturated rings. The Morgan fingerprint density at radius 1 is 1.32 bits per heavy atom. The third kappa shape index (κ3) is 2.86. The predicted molar refractivity (Wildman–Crippen MR) is 69.3 cm³/mol. The first kappa shape index (κ1) is 16.9. The van der Waals surface area contributed by atoms with E-state index in [-0.39, 0.29) is 12.6 Å². The minimum absolute atomic E-state index is 0.0908. The molecule has 0 spiro atoms. The Morgan fingerprint density at radius 3 is 2.36 bits per heavy atom. The minimum atomic E-state index is -4.88. The highest BCUT2D eigenvalue weighted by molar-refractivity contribution is 5.80. The molecule has 0 bridgehead atoms. The van der Waals surface area contributed by atoms with Gasteiger partial charge >= 0.3 is 18.2 Å². The molecule has 0 aliphatic carbocycles. The Balaban J connectivity index is 2.08. The fourth-order valence-electron chi connectivity index (χ4n) is 2.95. The predicted octanol–water partition coefficient (Wildman–Crippen LogP) is 1.56. The highest BCUT2D eigenvalue weighted by Crippen LogP contribution is 2.45. The highest BCUT2D eigenvalue weighted by Gasteiger charge is 2.64. The maximum absolute atomic E-state index is 13.1. The van der Waals surface area contributed by atoms with E-state index in [4.69, 9.17) is 9.84 Å². The lowest BCUT2D eigenvalue weighted by atomic mass is 9.86. The number of nitrogens with zero attached hydrogens (tertiary/aromatic N) is 2. The number of carbonyl (C=O) groups is 2. The first-order valence-electron chi connectivity index (χ1n) is 7.08. The van der Waals surface area contributed by atoms with Crippen molar-refractivity contribution < 1.29 is 32.6 Å². The fourth-order valence-corrected chi connectivity index (χ4v) is 2.95. The lowest BCUT2D eigenvalue weighted by Crippen LogP contribution is -2.51. The molecule has 1 N–H and O–H groups in total. The van der Waals surface area contributed by atoms with E-state index in [1.165, 1.54) is 11.9 Å². The summed E-state index contributed by atoms with van der Waals surface area (Å²) in [4.78, 5) is 25.8. The highest BCUT2D eigenvalue weighted by atomic mass is 19.4. The van der Waals surface area contributed by atoms with Gasteiger partial charge in [-0.25, -0.2) is 4.79 Å². The number of hydrogen-bond acceptors (Lipinski definition) is 3. The SMILES string of the molecule is CN(C(=O)N1CCC(C(=O)O)(C(F)(F)F)C1)C1CCOCC1. The number of amides is 2. The summed E-state index contributed by atoms with van der Waals surface area (Å²) in [6, 6.07) is -0.647. The average molecular weight is 324 g/mol. The zero-order valence-electron chi connectivity index (χ0n) is 12.2. The number of likely N-dealkylation sites (tertiary alicyclic amines) is 1. The molecule has 9 heteroatoms. The number of aliphatic carboxylic acids is 1.